The van der Waals surface area contributed by atoms with Gasteiger partial charge in [0.2, 0.25) is 0 Å². The largest absolute Gasteiger partial charge is 0.384 e. The first kappa shape index (κ1) is 19.8. The lowest BCUT2D eigenvalue weighted by Gasteiger charge is -2.52. The average Bonchev–Trinajstić information content (AvgIpc) is 2.43. The second-order valence-corrected chi connectivity index (χ2v) is 5.91. The summed E-state index contributed by atoms with van der Waals surface area (Å²) in [6.45, 7) is 2.12. The van der Waals surface area contributed by atoms with Crippen molar-refractivity contribution in [3.05, 3.63) is 34.9 Å². The molecule has 0 N–H and O–H groups in total. The third-order valence-electron chi connectivity index (χ3n) is 4.06. The minimum atomic E-state index is -7.19. The molecule has 0 aliphatic heterocycles. The smallest absolute Gasteiger partial charge is 0.225 e. The van der Waals surface area contributed by atoms with Gasteiger partial charge in [-0.15, -0.1) is 0 Å². The molecule has 1 aromatic rings. The zero-order valence-corrected chi connectivity index (χ0v) is 12.4. The van der Waals surface area contributed by atoms with Gasteiger partial charge in [-0.2, -0.15) is 43.9 Å². The molecule has 0 nitrogen and oxygen atoms in total. The van der Waals surface area contributed by atoms with Crippen LogP contribution in [0.4, 0.5) is 48.3 Å². The molecule has 11 heteroatoms. The molecule has 0 radical (unpaired) electrons. The van der Waals surface area contributed by atoms with Crippen LogP contribution in [-0.2, 0) is 5.67 Å². The summed E-state index contributed by atoms with van der Waals surface area (Å²) in [6.07, 6.45) is 0. The van der Waals surface area contributed by atoms with E-state index < -0.39 is 40.8 Å². The lowest BCUT2D eigenvalue weighted by molar-refractivity contribution is -0.489. The summed E-state index contributed by atoms with van der Waals surface area (Å²) in [6, 6.07) is 1.52. The first-order chi connectivity index (χ1) is 10.9. The van der Waals surface area contributed by atoms with Crippen molar-refractivity contribution >= 4 is 0 Å². The molecule has 1 saturated carbocycles. The fraction of sp³-hybridized carbons (Fsp3) is 0.571. The van der Waals surface area contributed by atoms with Crippen molar-refractivity contribution < 1.29 is 48.3 Å². The quantitative estimate of drug-likeness (QED) is 0.547. The second kappa shape index (κ2) is 4.79. The fourth-order valence-corrected chi connectivity index (χ4v) is 2.76. The topological polar surface area (TPSA) is 0 Å². The standard InChI is InChI=1S/C14H9F11/c1-6-3-7(2)5-8(4-6)9(15)10(16,17)12(20,21)14(24,25)13(22,23)11(9,18)19/h3-5H,1-2H3. The van der Waals surface area contributed by atoms with Crippen LogP contribution in [0.1, 0.15) is 16.7 Å². The summed E-state index contributed by atoms with van der Waals surface area (Å²) in [5, 5.41) is 0. The first-order valence-corrected chi connectivity index (χ1v) is 6.56. The Balaban J connectivity index is 2.96. The fourth-order valence-electron chi connectivity index (χ4n) is 2.76. The molecular formula is C14H9F11. The minimum Gasteiger partial charge on any atom is -0.225 e. The SMILES string of the molecule is Cc1cc(C)cc(C2(F)C(F)(F)C(F)(F)C(F)(F)C(F)(F)C2(F)F)c1. The van der Waals surface area contributed by atoms with E-state index in [0.717, 1.165) is 19.9 Å². The second-order valence-electron chi connectivity index (χ2n) is 5.91. The summed E-state index contributed by atoms with van der Waals surface area (Å²) in [5.41, 5.74) is -8.44. The van der Waals surface area contributed by atoms with Gasteiger partial charge in [0.15, 0.2) is 0 Å². The van der Waals surface area contributed by atoms with Gasteiger partial charge in [0.05, 0.1) is 0 Å². The van der Waals surface area contributed by atoms with E-state index in [2.05, 4.69) is 0 Å². The Morgan fingerprint density at radius 1 is 0.480 bits per heavy atom. The summed E-state index contributed by atoms with van der Waals surface area (Å²) >= 11 is 0. The number of alkyl halides is 11. The normalized spacial score (nSPS) is 27.7. The molecule has 0 unspecified atom stereocenters. The van der Waals surface area contributed by atoms with Gasteiger partial charge in [-0.3, -0.25) is 0 Å². The highest BCUT2D eigenvalue weighted by Gasteiger charge is 3.01. The van der Waals surface area contributed by atoms with Gasteiger partial charge in [-0.1, -0.05) is 29.3 Å². The molecule has 0 amide bonds. The van der Waals surface area contributed by atoms with Crippen LogP contribution in [0.5, 0.6) is 0 Å². The maximum Gasteiger partial charge on any atom is 0.384 e. The molecule has 0 bridgehead atoms. The third kappa shape index (κ3) is 1.89. The van der Waals surface area contributed by atoms with Crippen LogP contribution in [-0.4, -0.2) is 29.6 Å². The van der Waals surface area contributed by atoms with E-state index in [1.165, 1.54) is 0 Å². The average molecular weight is 386 g/mol. The molecule has 0 heterocycles. The molecule has 1 aliphatic rings. The molecule has 0 atom stereocenters. The lowest BCUT2D eigenvalue weighted by Crippen LogP contribution is -2.82. The molecule has 25 heavy (non-hydrogen) atoms. The Morgan fingerprint density at radius 3 is 1.08 bits per heavy atom. The van der Waals surface area contributed by atoms with Crippen LogP contribution in [0.2, 0.25) is 0 Å². The van der Waals surface area contributed by atoms with Crippen molar-refractivity contribution in [1.82, 2.24) is 0 Å². The number of halogens is 11. The van der Waals surface area contributed by atoms with Crippen molar-refractivity contribution in [3.63, 3.8) is 0 Å². The highest BCUT2D eigenvalue weighted by atomic mass is 19.4. The van der Waals surface area contributed by atoms with E-state index in [-0.39, 0.29) is 23.3 Å². The van der Waals surface area contributed by atoms with E-state index in [4.69, 9.17) is 0 Å². The molecule has 1 aromatic carbocycles. The molecule has 1 aliphatic carbocycles. The van der Waals surface area contributed by atoms with Crippen LogP contribution in [0.3, 0.4) is 0 Å². The van der Waals surface area contributed by atoms with Crippen molar-refractivity contribution in [1.29, 1.82) is 0 Å². The third-order valence-corrected chi connectivity index (χ3v) is 4.06. The lowest BCUT2D eigenvalue weighted by atomic mass is 9.69. The maximum absolute atomic E-state index is 14.8. The molecule has 2 rings (SSSR count). The molecule has 1 fully saturated rings. The van der Waals surface area contributed by atoms with Gasteiger partial charge in [0.1, 0.15) is 0 Å². The Morgan fingerprint density at radius 2 is 0.760 bits per heavy atom. The Kier molecular flexibility index (Phi) is 3.79. The van der Waals surface area contributed by atoms with Gasteiger partial charge in [0, 0.05) is 5.56 Å². The van der Waals surface area contributed by atoms with Crippen molar-refractivity contribution in [2.24, 2.45) is 0 Å². The summed E-state index contributed by atoms with van der Waals surface area (Å²) < 4.78 is 150. The number of rotatable bonds is 1. The number of hydrogen-bond donors (Lipinski definition) is 0. The Bertz CT molecular complexity index is 654. The zero-order valence-electron chi connectivity index (χ0n) is 12.4. The summed E-state index contributed by atoms with van der Waals surface area (Å²) in [4.78, 5) is 0. The summed E-state index contributed by atoms with van der Waals surface area (Å²) in [7, 11) is 0. The molecule has 0 saturated heterocycles. The highest BCUT2D eigenvalue weighted by molar-refractivity contribution is 5.41. The molecule has 0 spiro atoms. The monoisotopic (exact) mass is 386 g/mol. The minimum absolute atomic E-state index is 0.199. The van der Waals surface area contributed by atoms with E-state index >= 15 is 0 Å². The molecule has 0 aromatic heterocycles. The molecule has 142 valence electrons. The molecular weight excluding hydrogens is 377 g/mol. The van der Waals surface area contributed by atoms with Crippen LogP contribution < -0.4 is 0 Å². The van der Waals surface area contributed by atoms with Crippen LogP contribution in [0.15, 0.2) is 18.2 Å². The van der Waals surface area contributed by atoms with Crippen molar-refractivity contribution in [3.8, 4) is 0 Å². The van der Waals surface area contributed by atoms with Crippen molar-refractivity contribution in [2.45, 2.75) is 49.1 Å². The van der Waals surface area contributed by atoms with E-state index in [1.807, 2.05) is 0 Å². The van der Waals surface area contributed by atoms with Crippen LogP contribution in [0.25, 0.3) is 0 Å². The number of hydrogen-bond acceptors (Lipinski definition) is 0. The Hall–Kier alpha value is -1.55. The van der Waals surface area contributed by atoms with E-state index in [1.54, 1.807) is 0 Å². The predicted octanol–water partition coefficient (Wildman–Crippen LogP) is 5.66. The van der Waals surface area contributed by atoms with Crippen LogP contribution in [0, 0.1) is 13.8 Å². The van der Waals surface area contributed by atoms with Gasteiger partial charge in [-0.05, 0) is 13.8 Å². The zero-order chi connectivity index (χ0) is 19.9. The van der Waals surface area contributed by atoms with E-state index in [9.17, 15) is 48.3 Å². The summed E-state index contributed by atoms with van der Waals surface area (Å²) in [5.74, 6) is -35.0. The maximum atomic E-state index is 14.8. The van der Waals surface area contributed by atoms with E-state index in [0.29, 0.717) is 0 Å². The van der Waals surface area contributed by atoms with Crippen molar-refractivity contribution in [2.75, 3.05) is 0 Å². The van der Waals surface area contributed by atoms with Gasteiger partial charge >= 0.3 is 29.6 Å². The van der Waals surface area contributed by atoms with Gasteiger partial charge < -0.3 is 0 Å². The van der Waals surface area contributed by atoms with Gasteiger partial charge in [-0.25, -0.2) is 4.39 Å². The predicted molar refractivity (Wildman–Crippen MR) is 63.4 cm³/mol. The van der Waals surface area contributed by atoms with Gasteiger partial charge in [0.25, 0.3) is 5.67 Å². The Labute approximate surface area is 133 Å². The highest BCUT2D eigenvalue weighted by Crippen LogP contribution is 2.72. The number of aryl methyl sites for hydroxylation is 2. The van der Waals surface area contributed by atoms with Crippen LogP contribution >= 0.6 is 0 Å². The number of benzene rings is 1. The first-order valence-electron chi connectivity index (χ1n) is 6.56.